The minimum Gasteiger partial charge on any atom is -0.496 e. The highest BCUT2D eigenvalue weighted by Crippen LogP contribution is 2.35. The van der Waals surface area contributed by atoms with E-state index in [0.717, 1.165) is 24.2 Å². The van der Waals surface area contributed by atoms with Gasteiger partial charge in [-0.25, -0.2) is 0 Å². The monoisotopic (exact) mass is 256 g/mol. The van der Waals surface area contributed by atoms with Crippen LogP contribution in [0.25, 0.3) is 0 Å². The lowest BCUT2D eigenvalue weighted by Gasteiger charge is -2.15. The van der Waals surface area contributed by atoms with Crippen LogP contribution in [0.2, 0.25) is 0 Å². The first kappa shape index (κ1) is 14.6. The van der Waals surface area contributed by atoms with Gasteiger partial charge >= 0.3 is 0 Å². The van der Waals surface area contributed by atoms with Gasteiger partial charge in [-0.05, 0) is 18.1 Å². The molecule has 0 N–H and O–H groups in total. The molecule has 0 unspecified atom stereocenters. The maximum atomic E-state index is 12.1. The van der Waals surface area contributed by atoms with Crippen molar-refractivity contribution in [2.24, 2.45) is 0 Å². The van der Waals surface area contributed by atoms with E-state index in [4.69, 9.17) is 14.2 Å². The predicted molar refractivity (Wildman–Crippen MR) is 69.6 cm³/mol. The second kappa shape index (κ2) is 7.80. The van der Waals surface area contributed by atoms with Crippen LogP contribution in [0, 0.1) is 0 Å². The van der Waals surface area contributed by atoms with Crippen molar-refractivity contribution >= 4 is 0 Å². The van der Waals surface area contributed by atoms with Gasteiger partial charge in [-0.2, -0.15) is 0 Å². The summed E-state index contributed by atoms with van der Waals surface area (Å²) in [5, 5.41) is 0. The van der Waals surface area contributed by atoms with Crippen molar-refractivity contribution in [3.63, 3.8) is 0 Å². The minimum absolute atomic E-state index is 0.336. The van der Waals surface area contributed by atoms with Gasteiger partial charge in [0.25, 0.3) is 0 Å². The van der Waals surface area contributed by atoms with E-state index in [1.807, 2.05) is 12.1 Å². The first-order valence-electron chi connectivity index (χ1n) is 6.20. The summed E-state index contributed by atoms with van der Waals surface area (Å²) in [5.74, 6) is 2.05. The molecule has 3 nitrogen and oxygen atoms in total. The van der Waals surface area contributed by atoms with E-state index in [0.29, 0.717) is 24.5 Å². The van der Waals surface area contributed by atoms with E-state index in [2.05, 4.69) is 6.92 Å². The molecule has 0 aliphatic rings. The standard InChI is InChI=1S/C14H21FO3/c1-4-6-11-9-13(17-3)14(10-12(11)16-2)18-8-5-7-15/h9-10H,4-8H2,1-3H3. The number of halogens is 1. The Balaban J connectivity index is 2.94. The average Bonchev–Trinajstić information content (AvgIpc) is 2.40. The molecular formula is C14H21FO3. The van der Waals surface area contributed by atoms with Gasteiger partial charge in [0.15, 0.2) is 11.5 Å². The number of alkyl halides is 1. The summed E-state index contributed by atoms with van der Waals surface area (Å²) in [6.07, 6.45) is 2.33. The zero-order valence-electron chi connectivity index (χ0n) is 11.3. The third-order valence-electron chi connectivity index (χ3n) is 2.62. The van der Waals surface area contributed by atoms with Crippen molar-refractivity contribution in [1.82, 2.24) is 0 Å². The summed E-state index contributed by atoms with van der Waals surface area (Å²) in [6.45, 7) is 2.06. The summed E-state index contributed by atoms with van der Waals surface area (Å²) in [4.78, 5) is 0. The van der Waals surface area contributed by atoms with Gasteiger partial charge in [0.05, 0.1) is 27.5 Å². The summed E-state index contributed by atoms with van der Waals surface area (Å²) < 4.78 is 28.2. The van der Waals surface area contributed by atoms with Gasteiger partial charge in [-0.3, -0.25) is 4.39 Å². The lowest BCUT2D eigenvalue weighted by molar-refractivity contribution is 0.271. The molecule has 1 aromatic rings. The van der Waals surface area contributed by atoms with Crippen LogP contribution in [0.15, 0.2) is 12.1 Å². The molecule has 0 fully saturated rings. The highest BCUT2D eigenvalue weighted by atomic mass is 19.1. The molecule has 18 heavy (non-hydrogen) atoms. The van der Waals surface area contributed by atoms with Crippen LogP contribution in [-0.2, 0) is 6.42 Å². The molecule has 1 rings (SSSR count). The highest BCUT2D eigenvalue weighted by molar-refractivity contribution is 5.50. The average molecular weight is 256 g/mol. The Kier molecular flexibility index (Phi) is 6.33. The second-order valence-electron chi connectivity index (χ2n) is 3.96. The SMILES string of the molecule is CCCc1cc(OC)c(OCCCF)cc1OC. The molecule has 0 radical (unpaired) electrons. The number of methoxy groups -OCH3 is 2. The van der Waals surface area contributed by atoms with E-state index in [1.165, 1.54) is 0 Å². The molecule has 0 atom stereocenters. The summed E-state index contributed by atoms with van der Waals surface area (Å²) in [7, 11) is 3.23. The van der Waals surface area contributed by atoms with E-state index in [9.17, 15) is 4.39 Å². The zero-order chi connectivity index (χ0) is 13.4. The first-order chi connectivity index (χ1) is 8.76. The number of ether oxygens (including phenoxy) is 3. The Morgan fingerprint density at radius 3 is 2.33 bits per heavy atom. The Hall–Kier alpha value is -1.45. The fourth-order valence-electron chi connectivity index (χ4n) is 1.75. The second-order valence-corrected chi connectivity index (χ2v) is 3.96. The largest absolute Gasteiger partial charge is 0.496 e. The molecule has 0 heterocycles. The van der Waals surface area contributed by atoms with Crippen LogP contribution < -0.4 is 14.2 Å². The van der Waals surface area contributed by atoms with Gasteiger partial charge < -0.3 is 14.2 Å². The van der Waals surface area contributed by atoms with Crippen molar-refractivity contribution in [3.8, 4) is 17.2 Å². The smallest absolute Gasteiger partial charge is 0.164 e. The Labute approximate surface area is 108 Å². The normalized spacial score (nSPS) is 10.2. The van der Waals surface area contributed by atoms with E-state index in [-0.39, 0.29) is 6.67 Å². The van der Waals surface area contributed by atoms with Crippen molar-refractivity contribution < 1.29 is 18.6 Å². The Morgan fingerprint density at radius 2 is 1.78 bits per heavy atom. The van der Waals surface area contributed by atoms with Crippen LogP contribution in [-0.4, -0.2) is 27.5 Å². The molecule has 0 aliphatic carbocycles. The fraction of sp³-hybridized carbons (Fsp3) is 0.571. The lowest BCUT2D eigenvalue weighted by Crippen LogP contribution is -2.02. The molecule has 0 saturated heterocycles. The van der Waals surface area contributed by atoms with Crippen LogP contribution in [0.5, 0.6) is 17.2 Å². The number of aryl methyl sites for hydroxylation is 1. The molecule has 4 heteroatoms. The molecule has 1 aromatic carbocycles. The Bertz CT molecular complexity index is 366. The molecule has 0 aliphatic heterocycles. The van der Waals surface area contributed by atoms with Crippen LogP contribution in [0.4, 0.5) is 4.39 Å². The van der Waals surface area contributed by atoms with Crippen molar-refractivity contribution in [2.45, 2.75) is 26.2 Å². The molecule has 102 valence electrons. The quantitative estimate of drug-likeness (QED) is 0.667. The molecule has 0 aromatic heterocycles. The van der Waals surface area contributed by atoms with Gasteiger partial charge in [0.2, 0.25) is 0 Å². The van der Waals surface area contributed by atoms with Crippen molar-refractivity contribution in [1.29, 1.82) is 0 Å². The maximum Gasteiger partial charge on any atom is 0.164 e. The Morgan fingerprint density at radius 1 is 1.06 bits per heavy atom. The summed E-state index contributed by atoms with van der Waals surface area (Å²) >= 11 is 0. The van der Waals surface area contributed by atoms with Crippen LogP contribution in [0.3, 0.4) is 0 Å². The topological polar surface area (TPSA) is 27.7 Å². The van der Waals surface area contributed by atoms with E-state index >= 15 is 0 Å². The van der Waals surface area contributed by atoms with Crippen LogP contribution in [0.1, 0.15) is 25.3 Å². The van der Waals surface area contributed by atoms with E-state index < -0.39 is 0 Å². The summed E-state index contributed by atoms with van der Waals surface area (Å²) in [5.41, 5.74) is 1.09. The number of hydrogen-bond donors (Lipinski definition) is 0. The molecular weight excluding hydrogens is 235 g/mol. The third kappa shape index (κ3) is 3.79. The molecule has 0 saturated carbocycles. The summed E-state index contributed by atoms with van der Waals surface area (Å²) in [6, 6.07) is 3.73. The number of benzene rings is 1. The number of rotatable bonds is 8. The minimum atomic E-state index is -0.382. The maximum absolute atomic E-state index is 12.1. The van der Waals surface area contributed by atoms with Gasteiger partial charge in [-0.1, -0.05) is 13.3 Å². The van der Waals surface area contributed by atoms with Crippen molar-refractivity contribution in [3.05, 3.63) is 17.7 Å². The fourth-order valence-corrected chi connectivity index (χ4v) is 1.75. The van der Waals surface area contributed by atoms with Gasteiger partial charge in [-0.15, -0.1) is 0 Å². The van der Waals surface area contributed by atoms with Gasteiger partial charge in [0, 0.05) is 12.5 Å². The lowest BCUT2D eigenvalue weighted by atomic mass is 10.1. The van der Waals surface area contributed by atoms with Gasteiger partial charge in [0.1, 0.15) is 5.75 Å². The van der Waals surface area contributed by atoms with Crippen molar-refractivity contribution in [2.75, 3.05) is 27.5 Å². The molecule has 0 bridgehead atoms. The zero-order valence-corrected chi connectivity index (χ0v) is 11.3. The number of hydrogen-bond acceptors (Lipinski definition) is 3. The third-order valence-corrected chi connectivity index (χ3v) is 2.62. The molecule has 0 amide bonds. The predicted octanol–water partition coefficient (Wildman–Crippen LogP) is 3.39. The highest BCUT2D eigenvalue weighted by Gasteiger charge is 2.11. The molecule has 0 spiro atoms. The van der Waals surface area contributed by atoms with Crippen LogP contribution >= 0.6 is 0 Å². The van der Waals surface area contributed by atoms with E-state index in [1.54, 1.807) is 14.2 Å². The first-order valence-corrected chi connectivity index (χ1v) is 6.20.